The van der Waals surface area contributed by atoms with Crippen molar-refractivity contribution in [1.82, 2.24) is 34.4 Å². The van der Waals surface area contributed by atoms with Crippen LogP contribution in [-0.2, 0) is 6.54 Å². The van der Waals surface area contributed by atoms with Crippen LogP contribution in [0.2, 0.25) is 0 Å². The van der Waals surface area contributed by atoms with Gasteiger partial charge in [0, 0.05) is 35.6 Å². The number of hydrogen-bond acceptors (Lipinski definition) is 6. The van der Waals surface area contributed by atoms with Crippen molar-refractivity contribution in [3.8, 4) is 11.1 Å². The molecule has 30 heavy (non-hydrogen) atoms. The molecule has 2 N–H and O–H groups in total. The van der Waals surface area contributed by atoms with Crippen molar-refractivity contribution < 1.29 is 8.78 Å². The number of pyridine rings is 1. The van der Waals surface area contributed by atoms with Crippen LogP contribution in [-0.4, -0.2) is 54.7 Å². The molecule has 156 valence electrons. The average Bonchev–Trinajstić information content (AvgIpc) is 3.24. The Morgan fingerprint density at radius 3 is 2.77 bits per heavy atom. The maximum atomic E-state index is 13.0. The quantitative estimate of drug-likeness (QED) is 0.507. The van der Waals surface area contributed by atoms with E-state index < -0.39 is 13.0 Å². The maximum Gasteiger partial charge on any atom is 0.256 e. The van der Waals surface area contributed by atoms with Crippen LogP contribution < -0.4 is 10.6 Å². The highest BCUT2D eigenvalue weighted by Crippen LogP contribution is 2.28. The van der Waals surface area contributed by atoms with Gasteiger partial charge in [-0.05, 0) is 38.9 Å². The molecule has 1 saturated carbocycles. The average molecular weight is 412 g/mol. The van der Waals surface area contributed by atoms with Crippen molar-refractivity contribution in [2.45, 2.75) is 44.8 Å². The molecule has 8 nitrogen and oxygen atoms in total. The van der Waals surface area contributed by atoms with Gasteiger partial charge in [-0.1, -0.05) is 0 Å². The van der Waals surface area contributed by atoms with E-state index in [-0.39, 0.29) is 0 Å². The fraction of sp³-hybridized carbons (Fsp3) is 0.400. The molecule has 0 amide bonds. The van der Waals surface area contributed by atoms with Gasteiger partial charge in [-0.15, -0.1) is 5.10 Å². The van der Waals surface area contributed by atoms with Gasteiger partial charge in [-0.25, -0.2) is 28.2 Å². The molecule has 5 rings (SSSR count). The van der Waals surface area contributed by atoms with Crippen LogP contribution in [0.15, 0.2) is 30.7 Å². The minimum absolute atomic E-state index is 0.375. The van der Waals surface area contributed by atoms with E-state index in [0.29, 0.717) is 35.0 Å². The molecule has 0 atom stereocenters. The first-order chi connectivity index (χ1) is 14.5. The number of hydrogen-bond donors (Lipinski definition) is 2. The van der Waals surface area contributed by atoms with Gasteiger partial charge in [0.15, 0.2) is 5.65 Å². The van der Waals surface area contributed by atoms with Gasteiger partial charge in [0.05, 0.1) is 23.8 Å². The van der Waals surface area contributed by atoms with Gasteiger partial charge in [-0.3, -0.25) is 0 Å². The predicted octanol–water partition coefficient (Wildman–Crippen LogP) is 2.88. The molecule has 1 aliphatic carbocycles. The molecule has 0 aliphatic heterocycles. The number of anilines is 1. The third kappa shape index (κ3) is 3.26. The molecule has 4 heterocycles. The van der Waals surface area contributed by atoms with Crippen molar-refractivity contribution >= 4 is 22.6 Å². The molecule has 1 fully saturated rings. The second-order valence-corrected chi connectivity index (χ2v) is 7.67. The topological polar surface area (TPSA) is 85.0 Å². The summed E-state index contributed by atoms with van der Waals surface area (Å²) in [5.41, 5.74) is 3.56. The first-order valence-corrected chi connectivity index (χ1v) is 9.91. The van der Waals surface area contributed by atoms with E-state index in [1.165, 1.54) is 4.57 Å². The Morgan fingerprint density at radius 2 is 2.00 bits per heavy atom. The molecule has 0 spiro atoms. The number of fused-ring (bicyclic) bond motifs is 2. The maximum absolute atomic E-state index is 13.0. The summed E-state index contributed by atoms with van der Waals surface area (Å²) in [6.07, 6.45) is 4.97. The number of rotatable bonds is 6. The van der Waals surface area contributed by atoms with E-state index in [0.717, 1.165) is 29.5 Å². The minimum atomic E-state index is -2.46. The molecule has 0 saturated heterocycles. The summed E-state index contributed by atoms with van der Waals surface area (Å²) in [6.45, 7) is 1.30. The highest BCUT2D eigenvalue weighted by atomic mass is 19.3. The van der Waals surface area contributed by atoms with Crippen molar-refractivity contribution in [2.24, 2.45) is 0 Å². The number of halogens is 2. The van der Waals surface area contributed by atoms with Crippen LogP contribution in [0.3, 0.4) is 0 Å². The third-order valence-electron chi connectivity index (χ3n) is 5.72. The molecule has 0 unspecified atom stereocenters. The van der Waals surface area contributed by atoms with Crippen LogP contribution >= 0.6 is 0 Å². The van der Waals surface area contributed by atoms with E-state index in [1.54, 1.807) is 23.8 Å². The Kier molecular flexibility index (Phi) is 4.58. The van der Waals surface area contributed by atoms with Gasteiger partial charge in [0.25, 0.3) is 6.43 Å². The van der Waals surface area contributed by atoms with E-state index in [4.69, 9.17) is 0 Å². The zero-order chi connectivity index (χ0) is 20.8. The molecule has 0 bridgehead atoms. The molecular formula is C20H22F2N8. The fourth-order valence-electron chi connectivity index (χ4n) is 4.00. The zero-order valence-electron chi connectivity index (χ0n) is 16.7. The number of aryl methyl sites for hydroxylation is 1. The van der Waals surface area contributed by atoms with Crippen LogP contribution in [0.1, 0.15) is 18.7 Å². The second kappa shape index (κ2) is 7.28. The Morgan fingerprint density at radius 1 is 1.17 bits per heavy atom. The van der Waals surface area contributed by atoms with Crippen LogP contribution in [0.5, 0.6) is 0 Å². The lowest BCUT2D eigenvalue weighted by atomic mass is 9.87. The molecule has 4 aromatic heterocycles. The summed E-state index contributed by atoms with van der Waals surface area (Å²) < 4.78 is 29.3. The van der Waals surface area contributed by atoms with Gasteiger partial charge >= 0.3 is 0 Å². The largest absolute Gasteiger partial charge is 0.350 e. The van der Waals surface area contributed by atoms with Gasteiger partial charge < -0.3 is 15.2 Å². The number of nitrogens with one attached hydrogen (secondary N) is 2. The van der Waals surface area contributed by atoms with E-state index >= 15 is 0 Å². The Hall–Kier alpha value is -3.14. The van der Waals surface area contributed by atoms with Gasteiger partial charge in [-0.2, -0.15) is 0 Å². The van der Waals surface area contributed by atoms with Gasteiger partial charge in [0.2, 0.25) is 5.95 Å². The van der Waals surface area contributed by atoms with E-state index in [9.17, 15) is 8.78 Å². The summed E-state index contributed by atoms with van der Waals surface area (Å²) in [5, 5.41) is 11.2. The molecule has 0 aromatic carbocycles. The zero-order valence-corrected chi connectivity index (χ0v) is 16.7. The van der Waals surface area contributed by atoms with Crippen molar-refractivity contribution in [3.63, 3.8) is 0 Å². The molecule has 0 radical (unpaired) electrons. The monoisotopic (exact) mass is 412 g/mol. The fourth-order valence-corrected chi connectivity index (χ4v) is 4.00. The number of nitrogens with zero attached hydrogens (tertiary/aromatic N) is 6. The highest BCUT2D eigenvalue weighted by Gasteiger charge is 2.28. The summed E-state index contributed by atoms with van der Waals surface area (Å²) in [5.74, 6) is 1.11. The Bertz CT molecular complexity index is 1210. The summed E-state index contributed by atoms with van der Waals surface area (Å²) in [6, 6.07) is 4.70. The van der Waals surface area contributed by atoms with Crippen molar-refractivity contribution in [2.75, 3.05) is 12.4 Å². The van der Waals surface area contributed by atoms with E-state index in [1.807, 2.05) is 25.4 Å². The number of alkyl halides is 2. The molecule has 4 aromatic rings. The Balaban J connectivity index is 1.46. The summed E-state index contributed by atoms with van der Waals surface area (Å²) in [7, 11) is 1.97. The molecular weight excluding hydrogens is 390 g/mol. The smallest absolute Gasteiger partial charge is 0.256 e. The first kappa shape index (κ1) is 18.9. The normalized spacial score (nSPS) is 19.0. The van der Waals surface area contributed by atoms with Crippen LogP contribution in [0.4, 0.5) is 14.7 Å². The van der Waals surface area contributed by atoms with Crippen molar-refractivity contribution in [3.05, 3.63) is 36.5 Å². The SMILES string of the molecule is CN[C@H]1C[C@H](Nc2ncc3c(-c4cnc5nc(C)n(CC(F)F)c5c4)ccn3n2)C1. The second-order valence-electron chi connectivity index (χ2n) is 7.67. The van der Waals surface area contributed by atoms with Crippen LogP contribution in [0, 0.1) is 6.92 Å². The van der Waals surface area contributed by atoms with Gasteiger partial charge in [0.1, 0.15) is 5.82 Å². The van der Waals surface area contributed by atoms with Crippen LogP contribution in [0.25, 0.3) is 27.8 Å². The van der Waals surface area contributed by atoms with E-state index in [2.05, 4.69) is 30.7 Å². The lowest BCUT2D eigenvalue weighted by molar-refractivity contribution is 0.127. The molecule has 1 aliphatic rings. The number of imidazole rings is 1. The standard InChI is InChI=1S/C20H22F2N8/c1-11-26-19-16(29(11)10-18(21)22)5-12(8-24-19)15-3-4-30-17(15)9-25-20(28-30)27-14-6-13(7-14)23-2/h3-5,8-9,13-14,18,23H,6-7,10H2,1-2H3,(H,27,28)/t13-,14-. The summed E-state index contributed by atoms with van der Waals surface area (Å²) in [4.78, 5) is 13.1. The first-order valence-electron chi connectivity index (χ1n) is 9.91. The minimum Gasteiger partial charge on any atom is -0.350 e. The molecule has 10 heteroatoms. The number of aromatic nitrogens is 6. The lowest BCUT2D eigenvalue weighted by Gasteiger charge is -2.35. The highest BCUT2D eigenvalue weighted by molar-refractivity contribution is 5.85. The Labute approximate surface area is 171 Å². The lowest BCUT2D eigenvalue weighted by Crippen LogP contribution is -2.46. The predicted molar refractivity (Wildman–Crippen MR) is 110 cm³/mol. The van der Waals surface area contributed by atoms with Crippen molar-refractivity contribution in [1.29, 1.82) is 0 Å². The summed E-state index contributed by atoms with van der Waals surface area (Å²) >= 11 is 0. The third-order valence-corrected chi connectivity index (χ3v) is 5.72.